The van der Waals surface area contributed by atoms with Crippen LogP contribution in [0, 0.1) is 5.82 Å². The van der Waals surface area contributed by atoms with Crippen LogP contribution < -0.4 is 0 Å². The second-order valence-corrected chi connectivity index (χ2v) is 5.58. The van der Waals surface area contributed by atoms with Gasteiger partial charge in [-0.2, -0.15) is 11.8 Å². The van der Waals surface area contributed by atoms with Crippen molar-refractivity contribution < 1.29 is 14.2 Å². The summed E-state index contributed by atoms with van der Waals surface area (Å²) in [5.74, 6) is 1.37. The molecule has 0 aromatic heterocycles. The Balaban J connectivity index is 2.01. The fourth-order valence-corrected chi connectivity index (χ4v) is 2.91. The molecule has 94 valence electrons. The second-order valence-electron chi connectivity index (χ2n) is 3.99. The third-order valence-electron chi connectivity index (χ3n) is 2.71. The molecule has 2 nitrogen and oxygen atoms in total. The minimum absolute atomic E-state index is 0.216. The molecule has 1 aromatic carbocycles. The molecule has 0 saturated carbocycles. The molecule has 1 aromatic rings. The van der Waals surface area contributed by atoms with E-state index in [4.69, 9.17) is 16.3 Å². The van der Waals surface area contributed by atoms with E-state index < -0.39 is 6.10 Å². The molecule has 5 heteroatoms. The van der Waals surface area contributed by atoms with Crippen LogP contribution in [-0.2, 0) is 11.2 Å². The van der Waals surface area contributed by atoms with E-state index in [0.717, 1.165) is 11.5 Å². The van der Waals surface area contributed by atoms with Crippen LogP contribution >= 0.6 is 23.4 Å². The molecule has 0 amide bonds. The topological polar surface area (TPSA) is 29.5 Å². The van der Waals surface area contributed by atoms with Gasteiger partial charge in [-0.25, -0.2) is 4.39 Å². The molecule has 0 radical (unpaired) electrons. The van der Waals surface area contributed by atoms with Crippen LogP contribution in [0.4, 0.5) is 4.39 Å². The Bertz CT molecular complexity index is 383. The molecular formula is C12H14ClFO2S. The van der Waals surface area contributed by atoms with Crippen molar-refractivity contribution in [2.24, 2.45) is 0 Å². The molecule has 2 unspecified atom stereocenters. The summed E-state index contributed by atoms with van der Waals surface area (Å²) in [7, 11) is 0. The summed E-state index contributed by atoms with van der Waals surface area (Å²) in [4.78, 5) is 0. The van der Waals surface area contributed by atoms with Gasteiger partial charge in [-0.15, -0.1) is 0 Å². The molecule has 1 saturated heterocycles. The van der Waals surface area contributed by atoms with Gasteiger partial charge in [0.05, 0.1) is 18.8 Å². The summed E-state index contributed by atoms with van der Waals surface area (Å²) in [5.41, 5.74) is 0.434. The van der Waals surface area contributed by atoms with E-state index in [1.165, 1.54) is 12.1 Å². The third kappa shape index (κ3) is 3.58. The predicted octanol–water partition coefficient (Wildman–Crippen LogP) is 2.51. The zero-order valence-corrected chi connectivity index (χ0v) is 10.8. The first kappa shape index (κ1) is 13.1. The van der Waals surface area contributed by atoms with Gasteiger partial charge < -0.3 is 9.84 Å². The summed E-state index contributed by atoms with van der Waals surface area (Å²) in [6, 6.07) is 4.37. The highest BCUT2D eigenvalue weighted by Crippen LogP contribution is 2.21. The Morgan fingerprint density at radius 3 is 3.12 bits per heavy atom. The number of ether oxygens (including phenoxy) is 1. The molecule has 0 bridgehead atoms. The number of benzene rings is 1. The fraction of sp³-hybridized carbons (Fsp3) is 0.500. The third-order valence-corrected chi connectivity index (χ3v) is 3.96. The average Bonchev–Trinajstić information content (AvgIpc) is 2.35. The van der Waals surface area contributed by atoms with E-state index in [2.05, 4.69) is 0 Å². The van der Waals surface area contributed by atoms with Crippen molar-refractivity contribution >= 4 is 23.4 Å². The highest BCUT2D eigenvalue weighted by atomic mass is 35.5. The number of rotatable bonds is 3. The smallest absolute Gasteiger partial charge is 0.126 e. The van der Waals surface area contributed by atoms with E-state index in [0.29, 0.717) is 17.2 Å². The average molecular weight is 277 g/mol. The zero-order chi connectivity index (χ0) is 12.3. The van der Waals surface area contributed by atoms with Crippen LogP contribution in [0.25, 0.3) is 0 Å². The zero-order valence-electron chi connectivity index (χ0n) is 9.23. The van der Waals surface area contributed by atoms with Gasteiger partial charge in [0.25, 0.3) is 0 Å². The van der Waals surface area contributed by atoms with Gasteiger partial charge >= 0.3 is 0 Å². The molecule has 1 fully saturated rings. The maximum Gasteiger partial charge on any atom is 0.126 e. The van der Waals surface area contributed by atoms with E-state index >= 15 is 0 Å². The van der Waals surface area contributed by atoms with Gasteiger partial charge in [-0.05, 0) is 23.8 Å². The summed E-state index contributed by atoms with van der Waals surface area (Å²) in [6.07, 6.45) is -0.666. The van der Waals surface area contributed by atoms with Crippen molar-refractivity contribution in [3.05, 3.63) is 34.6 Å². The van der Waals surface area contributed by atoms with E-state index in [1.54, 1.807) is 17.8 Å². The standard InChI is InChI=1S/C12H14ClFO2S/c13-9-1-2-10(14)8(5-9)6-11(15)12-7-17-4-3-16-12/h1-2,5,11-12,15H,3-4,6-7H2. The molecule has 2 rings (SSSR count). The van der Waals surface area contributed by atoms with Crippen LogP contribution in [0.1, 0.15) is 5.56 Å². The Labute approximate surface area is 109 Å². The number of thioether (sulfide) groups is 1. The van der Waals surface area contributed by atoms with Gasteiger partial charge in [-0.1, -0.05) is 11.6 Å². The summed E-state index contributed by atoms with van der Waals surface area (Å²) in [6.45, 7) is 0.643. The molecule has 0 spiro atoms. The van der Waals surface area contributed by atoms with E-state index in [9.17, 15) is 9.50 Å². The van der Waals surface area contributed by atoms with Gasteiger partial charge in [0.1, 0.15) is 5.82 Å². The van der Waals surface area contributed by atoms with Crippen molar-refractivity contribution in [2.75, 3.05) is 18.1 Å². The molecule has 2 atom stereocenters. The maximum absolute atomic E-state index is 13.5. The SMILES string of the molecule is OC(Cc1cc(Cl)ccc1F)C1CSCCO1. The lowest BCUT2D eigenvalue weighted by Crippen LogP contribution is -2.36. The Kier molecular flexibility index (Phi) is 4.68. The van der Waals surface area contributed by atoms with Crippen molar-refractivity contribution in [3.63, 3.8) is 0 Å². The lowest BCUT2D eigenvalue weighted by molar-refractivity contribution is -0.0210. The number of hydrogen-bond donors (Lipinski definition) is 1. The molecule has 1 aliphatic rings. The lowest BCUT2D eigenvalue weighted by Gasteiger charge is -2.26. The van der Waals surface area contributed by atoms with Crippen LogP contribution in [0.3, 0.4) is 0 Å². The normalized spacial score (nSPS) is 22.4. The first-order valence-electron chi connectivity index (χ1n) is 5.48. The largest absolute Gasteiger partial charge is 0.390 e. The summed E-state index contributed by atoms with van der Waals surface area (Å²) in [5, 5.41) is 10.5. The number of aliphatic hydroxyl groups excluding tert-OH is 1. The van der Waals surface area contributed by atoms with Crippen molar-refractivity contribution in [3.8, 4) is 0 Å². The first-order chi connectivity index (χ1) is 8.16. The number of halogens is 2. The number of aliphatic hydroxyl groups is 1. The monoisotopic (exact) mass is 276 g/mol. The Morgan fingerprint density at radius 1 is 1.59 bits per heavy atom. The van der Waals surface area contributed by atoms with Crippen LogP contribution in [0.2, 0.25) is 5.02 Å². The quantitative estimate of drug-likeness (QED) is 0.920. The molecular weight excluding hydrogens is 263 g/mol. The first-order valence-corrected chi connectivity index (χ1v) is 7.01. The predicted molar refractivity (Wildman–Crippen MR) is 68.2 cm³/mol. The highest BCUT2D eigenvalue weighted by Gasteiger charge is 2.24. The van der Waals surface area contributed by atoms with Crippen molar-refractivity contribution in [1.82, 2.24) is 0 Å². The van der Waals surface area contributed by atoms with Gasteiger partial charge in [0.15, 0.2) is 0 Å². The van der Waals surface area contributed by atoms with Crippen LogP contribution in [-0.4, -0.2) is 35.4 Å². The van der Waals surface area contributed by atoms with Crippen molar-refractivity contribution in [2.45, 2.75) is 18.6 Å². The number of hydrogen-bond acceptors (Lipinski definition) is 3. The van der Waals surface area contributed by atoms with Gasteiger partial charge in [0, 0.05) is 22.9 Å². The van der Waals surface area contributed by atoms with Crippen LogP contribution in [0.15, 0.2) is 18.2 Å². The Hall–Kier alpha value is -0.290. The molecule has 1 heterocycles. The van der Waals surface area contributed by atoms with E-state index in [1.807, 2.05) is 0 Å². The van der Waals surface area contributed by atoms with Crippen molar-refractivity contribution in [1.29, 1.82) is 0 Å². The van der Waals surface area contributed by atoms with E-state index in [-0.39, 0.29) is 18.3 Å². The summed E-state index contributed by atoms with van der Waals surface area (Å²) < 4.78 is 18.9. The highest BCUT2D eigenvalue weighted by molar-refractivity contribution is 7.99. The fourth-order valence-electron chi connectivity index (χ4n) is 1.78. The maximum atomic E-state index is 13.5. The van der Waals surface area contributed by atoms with Crippen LogP contribution in [0.5, 0.6) is 0 Å². The Morgan fingerprint density at radius 2 is 2.41 bits per heavy atom. The summed E-state index contributed by atoms with van der Waals surface area (Å²) >= 11 is 7.55. The minimum atomic E-state index is -0.684. The lowest BCUT2D eigenvalue weighted by atomic mass is 10.0. The van der Waals surface area contributed by atoms with Gasteiger partial charge in [-0.3, -0.25) is 0 Å². The molecule has 1 N–H and O–H groups in total. The minimum Gasteiger partial charge on any atom is -0.390 e. The van der Waals surface area contributed by atoms with Gasteiger partial charge in [0.2, 0.25) is 0 Å². The molecule has 0 aliphatic carbocycles. The second kappa shape index (κ2) is 6.05. The molecule has 1 aliphatic heterocycles. The molecule has 17 heavy (non-hydrogen) atoms.